The second-order valence-electron chi connectivity index (χ2n) is 6.26. The number of amides is 2. The second-order valence-corrected chi connectivity index (χ2v) is 8.09. The van der Waals surface area contributed by atoms with Gasteiger partial charge in [-0.15, -0.1) is 0 Å². The van der Waals surface area contributed by atoms with Crippen LogP contribution in [0.2, 0.25) is 0 Å². The fraction of sp³-hybridized carbons (Fsp3) is 0.263. The Bertz CT molecular complexity index is 969. The van der Waals surface area contributed by atoms with Gasteiger partial charge in [0.1, 0.15) is 11.4 Å². The fourth-order valence-electron chi connectivity index (χ4n) is 2.97. The van der Waals surface area contributed by atoms with E-state index >= 15 is 0 Å². The van der Waals surface area contributed by atoms with Gasteiger partial charge in [0.25, 0.3) is 15.9 Å². The van der Waals surface area contributed by atoms with E-state index in [1.165, 1.54) is 12.1 Å². The number of sulfonamides is 1. The van der Waals surface area contributed by atoms with Gasteiger partial charge in [0.05, 0.1) is 5.56 Å². The number of rotatable bonds is 5. The van der Waals surface area contributed by atoms with Crippen LogP contribution in [0.5, 0.6) is 0 Å². The standard InChI is InChI=1S/C19H20N2O4S/c1-3-13(2)14-8-4-6-10-16(14)20-18(22)12-21-19(23)15-9-5-7-11-17(15)26(21,24)25/h4-11,13H,3,12H2,1-2H3,(H,20,22)/t13-/m1/s1. The van der Waals surface area contributed by atoms with Gasteiger partial charge in [-0.05, 0) is 36.1 Å². The maximum absolute atomic E-state index is 12.5. The summed E-state index contributed by atoms with van der Waals surface area (Å²) in [6.07, 6.45) is 0.904. The number of carbonyl (C=O) groups is 2. The maximum Gasteiger partial charge on any atom is 0.269 e. The van der Waals surface area contributed by atoms with Crippen LogP contribution in [0.4, 0.5) is 5.69 Å². The molecule has 26 heavy (non-hydrogen) atoms. The van der Waals surface area contributed by atoms with Crippen molar-refractivity contribution in [2.75, 3.05) is 11.9 Å². The van der Waals surface area contributed by atoms with Crippen molar-refractivity contribution in [3.05, 3.63) is 59.7 Å². The number of anilines is 1. The molecule has 1 atom stereocenters. The third-order valence-electron chi connectivity index (χ3n) is 4.58. The van der Waals surface area contributed by atoms with E-state index in [4.69, 9.17) is 0 Å². The average Bonchev–Trinajstić information content (AvgIpc) is 2.83. The van der Waals surface area contributed by atoms with E-state index in [2.05, 4.69) is 19.2 Å². The number of para-hydroxylation sites is 1. The molecule has 0 aliphatic carbocycles. The summed E-state index contributed by atoms with van der Waals surface area (Å²) in [5.74, 6) is -0.982. The molecule has 1 heterocycles. The van der Waals surface area contributed by atoms with Crippen molar-refractivity contribution in [1.29, 1.82) is 0 Å². The van der Waals surface area contributed by atoms with Crippen molar-refractivity contribution in [3.8, 4) is 0 Å². The first-order valence-electron chi connectivity index (χ1n) is 8.41. The number of benzene rings is 2. The number of nitrogens with zero attached hydrogens (tertiary/aromatic N) is 1. The molecule has 136 valence electrons. The molecule has 1 N–H and O–H groups in total. The van der Waals surface area contributed by atoms with Crippen LogP contribution in [0.1, 0.15) is 42.1 Å². The van der Waals surface area contributed by atoms with Crippen molar-refractivity contribution >= 4 is 27.5 Å². The van der Waals surface area contributed by atoms with Gasteiger partial charge < -0.3 is 5.32 Å². The third kappa shape index (κ3) is 3.10. The Morgan fingerprint density at radius 1 is 1.12 bits per heavy atom. The highest BCUT2D eigenvalue weighted by Crippen LogP contribution is 2.30. The first kappa shape index (κ1) is 18.1. The van der Waals surface area contributed by atoms with Crippen molar-refractivity contribution in [1.82, 2.24) is 4.31 Å². The lowest BCUT2D eigenvalue weighted by atomic mass is 9.97. The first-order valence-corrected chi connectivity index (χ1v) is 9.85. The molecule has 0 aromatic heterocycles. The summed E-state index contributed by atoms with van der Waals surface area (Å²) in [5.41, 5.74) is 1.70. The minimum atomic E-state index is -3.99. The molecule has 0 radical (unpaired) electrons. The number of hydrogen-bond donors (Lipinski definition) is 1. The van der Waals surface area contributed by atoms with E-state index in [1.54, 1.807) is 24.3 Å². The van der Waals surface area contributed by atoms with Crippen molar-refractivity contribution in [2.24, 2.45) is 0 Å². The monoisotopic (exact) mass is 372 g/mol. The zero-order valence-electron chi connectivity index (χ0n) is 14.6. The molecule has 6 nitrogen and oxygen atoms in total. The minimum Gasteiger partial charge on any atom is -0.324 e. The molecule has 0 spiro atoms. The zero-order chi connectivity index (χ0) is 18.9. The predicted molar refractivity (Wildman–Crippen MR) is 98.4 cm³/mol. The summed E-state index contributed by atoms with van der Waals surface area (Å²) in [6, 6.07) is 13.4. The Hall–Kier alpha value is -2.67. The van der Waals surface area contributed by atoms with E-state index in [0.29, 0.717) is 9.99 Å². The molecule has 0 bridgehead atoms. The van der Waals surface area contributed by atoms with Gasteiger partial charge in [-0.2, -0.15) is 0 Å². The van der Waals surface area contributed by atoms with Crippen LogP contribution >= 0.6 is 0 Å². The lowest BCUT2D eigenvalue weighted by molar-refractivity contribution is -0.116. The van der Waals surface area contributed by atoms with Crippen molar-refractivity contribution in [3.63, 3.8) is 0 Å². The van der Waals surface area contributed by atoms with Crippen LogP contribution in [0.25, 0.3) is 0 Å². The Kier molecular flexibility index (Phi) is 4.82. The van der Waals surface area contributed by atoms with Crippen molar-refractivity contribution in [2.45, 2.75) is 31.1 Å². The number of fused-ring (bicyclic) bond motifs is 1. The van der Waals surface area contributed by atoms with Gasteiger partial charge in [-0.25, -0.2) is 12.7 Å². The first-order chi connectivity index (χ1) is 12.4. The van der Waals surface area contributed by atoms with E-state index in [0.717, 1.165) is 12.0 Å². The zero-order valence-corrected chi connectivity index (χ0v) is 15.4. The second kappa shape index (κ2) is 6.92. The highest BCUT2D eigenvalue weighted by molar-refractivity contribution is 7.90. The van der Waals surface area contributed by atoms with Crippen molar-refractivity contribution < 1.29 is 18.0 Å². The van der Waals surface area contributed by atoms with Crippen LogP contribution in [-0.4, -0.2) is 31.1 Å². The summed E-state index contributed by atoms with van der Waals surface area (Å²) in [7, 11) is -3.99. The van der Waals surface area contributed by atoms with Gasteiger partial charge in [-0.1, -0.05) is 44.2 Å². The highest BCUT2D eigenvalue weighted by Gasteiger charge is 2.41. The average molecular weight is 372 g/mol. The molecular weight excluding hydrogens is 352 g/mol. The van der Waals surface area contributed by atoms with E-state index in [9.17, 15) is 18.0 Å². The maximum atomic E-state index is 12.5. The number of hydrogen-bond acceptors (Lipinski definition) is 4. The summed E-state index contributed by atoms with van der Waals surface area (Å²) in [6.45, 7) is 3.55. The Balaban J connectivity index is 1.81. The van der Waals surface area contributed by atoms with Gasteiger partial charge in [0.15, 0.2) is 0 Å². The quantitative estimate of drug-likeness (QED) is 0.874. The smallest absolute Gasteiger partial charge is 0.269 e. The minimum absolute atomic E-state index is 0.0576. The Labute approximate surface area is 152 Å². The van der Waals surface area contributed by atoms with Crippen LogP contribution in [-0.2, 0) is 14.8 Å². The van der Waals surface area contributed by atoms with E-state index in [1.807, 2.05) is 12.1 Å². The molecular formula is C19H20N2O4S. The van der Waals surface area contributed by atoms with Gasteiger partial charge >= 0.3 is 0 Å². The molecule has 2 aromatic carbocycles. The molecule has 0 fully saturated rings. The SMILES string of the molecule is CC[C@@H](C)c1ccccc1NC(=O)CN1C(=O)c2ccccc2S1(=O)=O. The van der Waals surface area contributed by atoms with Crippen LogP contribution < -0.4 is 5.32 Å². The molecule has 2 aromatic rings. The summed E-state index contributed by atoms with van der Waals surface area (Å²) >= 11 is 0. The predicted octanol–water partition coefficient (Wildman–Crippen LogP) is 2.98. The molecule has 0 unspecified atom stereocenters. The third-order valence-corrected chi connectivity index (χ3v) is 6.36. The molecule has 1 aliphatic rings. The summed E-state index contributed by atoms with van der Waals surface area (Å²) in [4.78, 5) is 24.8. The number of carbonyl (C=O) groups excluding carboxylic acids is 2. The Morgan fingerprint density at radius 2 is 1.77 bits per heavy atom. The summed E-state index contributed by atoms with van der Waals surface area (Å²) < 4.78 is 25.7. The highest BCUT2D eigenvalue weighted by atomic mass is 32.2. The number of nitrogens with one attached hydrogen (secondary N) is 1. The molecule has 0 saturated carbocycles. The van der Waals surface area contributed by atoms with E-state index < -0.39 is 28.4 Å². The lowest BCUT2D eigenvalue weighted by Gasteiger charge is -2.18. The lowest BCUT2D eigenvalue weighted by Crippen LogP contribution is -2.37. The van der Waals surface area contributed by atoms with Crippen LogP contribution in [0, 0.1) is 0 Å². The fourth-order valence-corrected chi connectivity index (χ4v) is 4.49. The molecule has 3 rings (SSSR count). The van der Waals surface area contributed by atoms with Gasteiger partial charge in [0, 0.05) is 5.69 Å². The van der Waals surface area contributed by atoms with Crippen LogP contribution in [0.15, 0.2) is 53.4 Å². The molecule has 0 saturated heterocycles. The molecule has 1 aliphatic heterocycles. The topological polar surface area (TPSA) is 83.6 Å². The van der Waals surface area contributed by atoms with Crippen LogP contribution in [0.3, 0.4) is 0 Å². The molecule has 2 amide bonds. The van der Waals surface area contributed by atoms with Gasteiger partial charge in [-0.3, -0.25) is 9.59 Å². The largest absolute Gasteiger partial charge is 0.324 e. The van der Waals surface area contributed by atoms with E-state index in [-0.39, 0.29) is 16.4 Å². The summed E-state index contributed by atoms with van der Waals surface area (Å²) in [5, 5.41) is 2.74. The normalized spacial score (nSPS) is 16.2. The van der Waals surface area contributed by atoms with Gasteiger partial charge in [0.2, 0.25) is 5.91 Å². The molecule has 7 heteroatoms. The Morgan fingerprint density at radius 3 is 2.46 bits per heavy atom.